The molecule has 0 heterocycles. The predicted octanol–water partition coefficient (Wildman–Crippen LogP) is 6.51. The molecule has 3 rings (SSSR count). The number of hydrogen-bond acceptors (Lipinski definition) is 2. The average molecular weight is 413 g/mol. The highest BCUT2D eigenvalue weighted by Gasteiger charge is 2.09. The number of aryl methyl sites for hydroxylation is 2. The van der Waals surface area contributed by atoms with Gasteiger partial charge in [0, 0.05) is 23.8 Å². The number of nitrogens with one attached hydrogen (secondary N) is 2. The van der Waals surface area contributed by atoms with Crippen molar-refractivity contribution in [3.05, 3.63) is 94.6 Å². The summed E-state index contributed by atoms with van der Waals surface area (Å²) in [5.41, 5.74) is 8.76. The van der Waals surface area contributed by atoms with E-state index in [0.717, 1.165) is 22.4 Å². The largest absolute Gasteiger partial charge is 0.383 e. The highest BCUT2D eigenvalue weighted by atomic mass is 16.1. The van der Waals surface area contributed by atoms with Crippen molar-refractivity contribution in [3.8, 4) is 11.1 Å². The normalized spacial score (nSPS) is 11.5. The number of anilines is 1. The van der Waals surface area contributed by atoms with Gasteiger partial charge in [-0.2, -0.15) is 0 Å². The number of benzene rings is 3. The van der Waals surface area contributed by atoms with Crippen LogP contribution in [0.4, 0.5) is 5.69 Å². The first-order valence-electron chi connectivity index (χ1n) is 10.8. The molecule has 0 spiro atoms. The van der Waals surface area contributed by atoms with Gasteiger partial charge in [0.2, 0.25) is 5.91 Å². The Morgan fingerprint density at radius 2 is 1.61 bits per heavy atom. The highest BCUT2D eigenvalue weighted by Crippen LogP contribution is 2.29. The molecule has 0 aliphatic carbocycles. The summed E-state index contributed by atoms with van der Waals surface area (Å²) in [6, 6.07) is 23.3. The van der Waals surface area contributed by atoms with E-state index < -0.39 is 0 Å². The van der Waals surface area contributed by atoms with Crippen molar-refractivity contribution < 1.29 is 4.79 Å². The molecule has 0 aliphatic rings. The van der Waals surface area contributed by atoms with Gasteiger partial charge in [0.25, 0.3) is 0 Å². The van der Waals surface area contributed by atoms with Crippen molar-refractivity contribution in [2.24, 2.45) is 0 Å². The van der Waals surface area contributed by atoms with Crippen LogP contribution in [-0.4, -0.2) is 11.9 Å². The number of carbonyl (C=O) groups excluding carboxylic acids is 1. The monoisotopic (exact) mass is 412 g/mol. The third kappa shape index (κ3) is 6.08. The van der Waals surface area contributed by atoms with E-state index in [9.17, 15) is 4.79 Å². The van der Waals surface area contributed by atoms with Crippen LogP contribution < -0.4 is 10.6 Å². The van der Waals surface area contributed by atoms with Crippen LogP contribution in [0.15, 0.2) is 72.3 Å². The molecular formula is C28H32N2O. The molecule has 160 valence electrons. The first-order valence-corrected chi connectivity index (χ1v) is 10.8. The zero-order valence-electron chi connectivity index (χ0n) is 19.1. The molecule has 0 aromatic heterocycles. The molecule has 0 saturated heterocycles. The van der Waals surface area contributed by atoms with Gasteiger partial charge in [-0.25, -0.2) is 0 Å². The molecule has 3 heteroatoms. The summed E-state index contributed by atoms with van der Waals surface area (Å²) in [5.74, 6) is -0.0433. The molecule has 0 bridgehead atoms. The number of hydrogen-bond donors (Lipinski definition) is 2. The lowest BCUT2D eigenvalue weighted by atomic mass is 9.94. The van der Waals surface area contributed by atoms with E-state index in [-0.39, 0.29) is 5.91 Å². The highest BCUT2D eigenvalue weighted by molar-refractivity contribution is 5.97. The molecule has 2 N–H and O–H groups in total. The van der Waals surface area contributed by atoms with E-state index in [2.05, 4.69) is 74.7 Å². The summed E-state index contributed by atoms with van der Waals surface area (Å²) < 4.78 is 0. The van der Waals surface area contributed by atoms with Crippen LogP contribution in [0.25, 0.3) is 17.2 Å². The first kappa shape index (κ1) is 22.4. The molecule has 0 aliphatic heterocycles. The summed E-state index contributed by atoms with van der Waals surface area (Å²) in [4.78, 5) is 12.5. The minimum absolute atomic E-state index is 0.0433. The van der Waals surface area contributed by atoms with Crippen LogP contribution in [0.3, 0.4) is 0 Å². The zero-order valence-corrected chi connectivity index (χ0v) is 19.1. The molecule has 0 unspecified atom stereocenters. The van der Waals surface area contributed by atoms with E-state index >= 15 is 0 Å². The van der Waals surface area contributed by atoms with E-state index in [4.69, 9.17) is 0 Å². The number of carbonyl (C=O) groups is 1. The van der Waals surface area contributed by atoms with Gasteiger partial charge in [0.1, 0.15) is 0 Å². The smallest absolute Gasteiger partial charge is 0.247 e. The van der Waals surface area contributed by atoms with Gasteiger partial charge >= 0.3 is 0 Å². The Bertz CT molecular complexity index is 1060. The van der Waals surface area contributed by atoms with Crippen LogP contribution in [-0.2, 0) is 11.3 Å². The predicted molar refractivity (Wildman–Crippen MR) is 132 cm³/mol. The van der Waals surface area contributed by atoms with Gasteiger partial charge < -0.3 is 10.6 Å². The fourth-order valence-electron chi connectivity index (χ4n) is 3.60. The summed E-state index contributed by atoms with van der Waals surface area (Å²) in [7, 11) is 0. The van der Waals surface area contributed by atoms with Crippen molar-refractivity contribution >= 4 is 17.7 Å². The van der Waals surface area contributed by atoms with E-state index in [1.165, 1.54) is 16.7 Å². The summed E-state index contributed by atoms with van der Waals surface area (Å²) >= 11 is 0. The third-order valence-electron chi connectivity index (χ3n) is 5.29. The molecule has 3 nitrogen and oxygen atoms in total. The second kappa shape index (κ2) is 10.1. The molecule has 0 atom stereocenters. The van der Waals surface area contributed by atoms with Crippen molar-refractivity contribution in [2.75, 3.05) is 5.32 Å². The minimum atomic E-state index is -0.0433. The first-order chi connectivity index (χ1) is 14.8. The molecule has 0 fully saturated rings. The lowest BCUT2D eigenvalue weighted by Gasteiger charge is -2.14. The molecule has 3 aromatic carbocycles. The standard InChI is InChI=1S/C28H32N2O/c1-19(2)30-26-13-11-24(12-14-26)27-17-20(3)25(15-21(27)4)16-22(5)28(31)29-18-23-9-7-6-8-10-23/h6-17,19,30H,18H2,1-5H3,(H,29,31). The quantitative estimate of drug-likeness (QED) is 0.434. The van der Waals surface area contributed by atoms with E-state index in [1.807, 2.05) is 43.3 Å². The molecular weight excluding hydrogens is 380 g/mol. The van der Waals surface area contributed by atoms with Crippen molar-refractivity contribution in [1.29, 1.82) is 0 Å². The molecule has 0 radical (unpaired) electrons. The molecule has 0 saturated carbocycles. The van der Waals surface area contributed by atoms with Crippen LogP contribution in [0.1, 0.15) is 43.0 Å². The van der Waals surface area contributed by atoms with Gasteiger partial charge in [-0.15, -0.1) is 0 Å². The third-order valence-corrected chi connectivity index (χ3v) is 5.29. The Morgan fingerprint density at radius 1 is 0.935 bits per heavy atom. The second-order valence-corrected chi connectivity index (χ2v) is 8.40. The van der Waals surface area contributed by atoms with Crippen molar-refractivity contribution in [1.82, 2.24) is 5.32 Å². The topological polar surface area (TPSA) is 41.1 Å². The Labute approximate surface area is 186 Å². The maximum absolute atomic E-state index is 12.5. The van der Waals surface area contributed by atoms with Crippen LogP contribution in [0.5, 0.6) is 0 Å². The lowest BCUT2D eigenvalue weighted by Crippen LogP contribution is -2.23. The fourth-order valence-corrected chi connectivity index (χ4v) is 3.60. The number of amides is 1. The Morgan fingerprint density at radius 3 is 2.26 bits per heavy atom. The van der Waals surface area contributed by atoms with Crippen molar-refractivity contribution in [2.45, 2.75) is 47.2 Å². The Hall–Kier alpha value is -3.33. The SMILES string of the molecule is CC(=Cc1cc(C)c(-c2ccc(NC(C)C)cc2)cc1C)C(=O)NCc1ccccc1. The van der Waals surface area contributed by atoms with Gasteiger partial charge in [-0.3, -0.25) is 4.79 Å². The molecule has 31 heavy (non-hydrogen) atoms. The van der Waals surface area contributed by atoms with Crippen LogP contribution in [0, 0.1) is 13.8 Å². The van der Waals surface area contributed by atoms with Gasteiger partial charge in [0.15, 0.2) is 0 Å². The summed E-state index contributed by atoms with van der Waals surface area (Å²) in [6.45, 7) is 10.9. The maximum atomic E-state index is 12.5. The Balaban J connectivity index is 1.75. The van der Waals surface area contributed by atoms with Crippen molar-refractivity contribution in [3.63, 3.8) is 0 Å². The summed E-state index contributed by atoms with van der Waals surface area (Å²) in [5, 5.41) is 6.42. The van der Waals surface area contributed by atoms with Crippen LogP contribution in [0.2, 0.25) is 0 Å². The van der Waals surface area contributed by atoms with Gasteiger partial charge in [0.05, 0.1) is 0 Å². The fraction of sp³-hybridized carbons (Fsp3) is 0.250. The zero-order chi connectivity index (χ0) is 22.4. The summed E-state index contributed by atoms with van der Waals surface area (Å²) in [6.07, 6.45) is 1.97. The van der Waals surface area contributed by atoms with Gasteiger partial charge in [-0.05, 0) is 86.2 Å². The van der Waals surface area contributed by atoms with Crippen LogP contribution >= 0.6 is 0 Å². The second-order valence-electron chi connectivity index (χ2n) is 8.40. The Kier molecular flexibility index (Phi) is 7.30. The maximum Gasteiger partial charge on any atom is 0.247 e. The average Bonchev–Trinajstić information content (AvgIpc) is 2.75. The van der Waals surface area contributed by atoms with Gasteiger partial charge in [-0.1, -0.05) is 54.6 Å². The molecule has 3 aromatic rings. The van der Waals surface area contributed by atoms with E-state index in [0.29, 0.717) is 18.2 Å². The van der Waals surface area contributed by atoms with E-state index in [1.54, 1.807) is 0 Å². The minimum Gasteiger partial charge on any atom is -0.383 e. The number of rotatable bonds is 7. The molecule has 1 amide bonds. The lowest BCUT2D eigenvalue weighted by molar-refractivity contribution is -0.117.